The number of halogens is 1. The predicted molar refractivity (Wildman–Crippen MR) is 112 cm³/mol. The minimum atomic E-state index is -0.352. The molecule has 2 saturated heterocycles. The van der Waals surface area contributed by atoms with E-state index in [0.717, 1.165) is 16.6 Å². The fourth-order valence-electron chi connectivity index (χ4n) is 4.71. The van der Waals surface area contributed by atoms with Crippen molar-refractivity contribution in [3.05, 3.63) is 54.5 Å². The van der Waals surface area contributed by atoms with Crippen LogP contribution in [0.1, 0.15) is 13.8 Å². The lowest BCUT2D eigenvalue weighted by Crippen LogP contribution is -2.37. The molecule has 0 bridgehead atoms. The second-order valence-corrected chi connectivity index (χ2v) is 8.43. The lowest BCUT2D eigenvalue weighted by Gasteiger charge is -2.23. The molecule has 2 aromatic carbocycles. The molecule has 3 aromatic rings. The Morgan fingerprint density at radius 1 is 1.07 bits per heavy atom. The van der Waals surface area contributed by atoms with Gasteiger partial charge in [-0.05, 0) is 24.3 Å². The summed E-state index contributed by atoms with van der Waals surface area (Å²) in [5.74, 6) is -0.286. The molecule has 0 spiro atoms. The number of aromatic nitrogens is 2. The van der Waals surface area contributed by atoms with E-state index in [4.69, 9.17) is 0 Å². The van der Waals surface area contributed by atoms with Crippen LogP contribution in [-0.2, 0) is 9.59 Å². The average Bonchev–Trinajstić information content (AvgIpc) is 3.42. The van der Waals surface area contributed by atoms with Crippen molar-refractivity contribution in [3.63, 3.8) is 0 Å². The number of hydrogen-bond acceptors (Lipinski definition) is 3. The lowest BCUT2D eigenvalue weighted by atomic mass is 10.0. The Kier molecular flexibility index (Phi) is 4.34. The molecule has 30 heavy (non-hydrogen) atoms. The Labute approximate surface area is 173 Å². The summed E-state index contributed by atoms with van der Waals surface area (Å²) >= 11 is 0. The van der Waals surface area contributed by atoms with Crippen LogP contribution in [0.2, 0.25) is 0 Å². The third-order valence-electron chi connectivity index (χ3n) is 6.21. The van der Waals surface area contributed by atoms with Gasteiger partial charge in [-0.15, -0.1) is 0 Å². The highest BCUT2D eigenvalue weighted by Gasteiger charge is 2.48. The van der Waals surface area contributed by atoms with Crippen molar-refractivity contribution in [2.24, 2.45) is 17.8 Å². The van der Waals surface area contributed by atoms with Crippen LogP contribution in [0.15, 0.2) is 48.7 Å². The minimum Gasteiger partial charge on any atom is -0.341 e. The highest BCUT2D eigenvalue weighted by Crippen LogP contribution is 2.38. The number of carbonyl (C=O) groups is 2. The summed E-state index contributed by atoms with van der Waals surface area (Å²) < 4.78 is 15.9. The van der Waals surface area contributed by atoms with Gasteiger partial charge in [0.05, 0.1) is 23.3 Å². The summed E-state index contributed by atoms with van der Waals surface area (Å²) in [6, 6.07) is 12.2. The number of para-hydroxylation sites is 1. The van der Waals surface area contributed by atoms with Gasteiger partial charge in [0.2, 0.25) is 11.8 Å². The van der Waals surface area contributed by atoms with Crippen LogP contribution in [0.3, 0.4) is 0 Å². The monoisotopic (exact) mass is 406 g/mol. The van der Waals surface area contributed by atoms with Gasteiger partial charge in [-0.2, -0.15) is 5.10 Å². The zero-order valence-corrected chi connectivity index (χ0v) is 17.0. The summed E-state index contributed by atoms with van der Waals surface area (Å²) in [5.41, 5.74) is 1.91. The van der Waals surface area contributed by atoms with E-state index in [1.165, 1.54) is 6.07 Å². The van der Waals surface area contributed by atoms with E-state index in [0.29, 0.717) is 25.3 Å². The number of benzene rings is 2. The molecule has 0 aliphatic carbocycles. The molecule has 2 fully saturated rings. The molecule has 2 amide bonds. The fourth-order valence-corrected chi connectivity index (χ4v) is 4.71. The number of hydrogen-bond donors (Lipinski definition) is 0. The third kappa shape index (κ3) is 2.80. The van der Waals surface area contributed by atoms with Crippen LogP contribution in [-0.4, -0.2) is 46.1 Å². The number of carbonyl (C=O) groups excluding carboxylic acids is 2. The van der Waals surface area contributed by atoms with E-state index in [9.17, 15) is 14.0 Å². The summed E-state index contributed by atoms with van der Waals surface area (Å²) in [6.07, 6.45) is 1.69. The molecular weight excluding hydrogens is 383 g/mol. The SMILES string of the molecule is CC(C)C(=O)N1C[C@@H]2CN(c3cccc4c3cnn4-c3ccccc3F)C(=O)[C@H]2C1. The fraction of sp³-hybridized carbons (Fsp3) is 0.348. The zero-order chi connectivity index (χ0) is 21.0. The summed E-state index contributed by atoms with van der Waals surface area (Å²) in [7, 11) is 0. The van der Waals surface area contributed by atoms with Gasteiger partial charge in [-0.3, -0.25) is 9.59 Å². The van der Waals surface area contributed by atoms with Gasteiger partial charge in [0.15, 0.2) is 0 Å². The van der Waals surface area contributed by atoms with E-state index in [-0.39, 0.29) is 35.4 Å². The predicted octanol–water partition coefficient (Wildman–Crippen LogP) is 3.24. The Morgan fingerprint density at radius 3 is 2.57 bits per heavy atom. The first-order valence-electron chi connectivity index (χ1n) is 10.3. The van der Waals surface area contributed by atoms with Crippen LogP contribution in [0.25, 0.3) is 16.6 Å². The highest BCUT2D eigenvalue weighted by atomic mass is 19.1. The van der Waals surface area contributed by atoms with Gasteiger partial charge in [0, 0.05) is 36.9 Å². The molecular formula is C23H23FN4O2. The van der Waals surface area contributed by atoms with Crippen molar-refractivity contribution in [2.45, 2.75) is 13.8 Å². The minimum absolute atomic E-state index is 0.0465. The van der Waals surface area contributed by atoms with E-state index in [1.54, 1.807) is 29.1 Å². The number of amides is 2. The van der Waals surface area contributed by atoms with Gasteiger partial charge in [0.1, 0.15) is 11.5 Å². The molecule has 0 saturated carbocycles. The number of fused-ring (bicyclic) bond motifs is 2. The molecule has 5 rings (SSSR count). The standard InChI is InChI=1S/C23H23FN4O2/c1-14(2)22(29)26-11-15-12-27(23(30)17(15)13-26)19-8-5-9-20-16(19)10-25-28(20)21-7-4-3-6-18(21)24/h3-10,14-15,17H,11-13H2,1-2H3/t15-,17+/m1/s1. The Morgan fingerprint density at radius 2 is 1.83 bits per heavy atom. The first-order chi connectivity index (χ1) is 14.5. The molecule has 0 unspecified atom stereocenters. The summed E-state index contributed by atoms with van der Waals surface area (Å²) in [5, 5.41) is 5.21. The van der Waals surface area contributed by atoms with Crippen LogP contribution in [0.5, 0.6) is 0 Å². The largest absolute Gasteiger partial charge is 0.341 e. The molecule has 2 aliphatic rings. The number of likely N-dealkylation sites (tertiary alicyclic amines) is 1. The van der Waals surface area contributed by atoms with E-state index < -0.39 is 0 Å². The first kappa shape index (κ1) is 18.8. The van der Waals surface area contributed by atoms with Crippen molar-refractivity contribution in [2.75, 3.05) is 24.5 Å². The summed E-state index contributed by atoms with van der Waals surface area (Å²) in [6.45, 7) is 5.46. The van der Waals surface area contributed by atoms with Crippen molar-refractivity contribution in [1.29, 1.82) is 0 Å². The topological polar surface area (TPSA) is 58.4 Å². The van der Waals surface area contributed by atoms with Crippen LogP contribution < -0.4 is 4.90 Å². The third-order valence-corrected chi connectivity index (χ3v) is 6.21. The zero-order valence-electron chi connectivity index (χ0n) is 17.0. The first-order valence-corrected chi connectivity index (χ1v) is 10.3. The maximum absolute atomic E-state index is 14.3. The van der Waals surface area contributed by atoms with Crippen LogP contribution in [0, 0.1) is 23.6 Å². The van der Waals surface area contributed by atoms with Gasteiger partial charge in [0.25, 0.3) is 0 Å². The second-order valence-electron chi connectivity index (χ2n) is 8.43. The number of rotatable bonds is 3. The van der Waals surface area contributed by atoms with E-state index >= 15 is 0 Å². The van der Waals surface area contributed by atoms with Crippen LogP contribution in [0.4, 0.5) is 10.1 Å². The van der Waals surface area contributed by atoms with Crippen LogP contribution >= 0.6 is 0 Å². The smallest absolute Gasteiger partial charge is 0.232 e. The van der Waals surface area contributed by atoms with Crippen molar-refractivity contribution < 1.29 is 14.0 Å². The van der Waals surface area contributed by atoms with Gasteiger partial charge < -0.3 is 9.80 Å². The Hall–Kier alpha value is -3.22. The highest BCUT2D eigenvalue weighted by molar-refractivity contribution is 6.05. The Balaban J connectivity index is 1.47. The maximum atomic E-state index is 14.3. The molecule has 154 valence electrons. The maximum Gasteiger partial charge on any atom is 0.232 e. The van der Waals surface area contributed by atoms with E-state index in [1.807, 2.05) is 41.8 Å². The molecule has 1 aromatic heterocycles. The quantitative estimate of drug-likeness (QED) is 0.671. The van der Waals surface area contributed by atoms with Gasteiger partial charge in [-0.1, -0.05) is 32.0 Å². The van der Waals surface area contributed by atoms with Gasteiger partial charge >= 0.3 is 0 Å². The molecule has 2 aliphatic heterocycles. The molecule has 7 heteroatoms. The lowest BCUT2D eigenvalue weighted by molar-refractivity contribution is -0.133. The molecule has 3 heterocycles. The van der Waals surface area contributed by atoms with E-state index in [2.05, 4.69) is 5.10 Å². The van der Waals surface area contributed by atoms with Crippen molar-refractivity contribution in [1.82, 2.24) is 14.7 Å². The van der Waals surface area contributed by atoms with Crippen molar-refractivity contribution >= 4 is 28.4 Å². The number of anilines is 1. The number of nitrogens with zero attached hydrogens (tertiary/aromatic N) is 4. The van der Waals surface area contributed by atoms with Gasteiger partial charge in [-0.25, -0.2) is 9.07 Å². The van der Waals surface area contributed by atoms with Crippen molar-refractivity contribution in [3.8, 4) is 5.69 Å². The molecule has 0 N–H and O–H groups in total. The normalized spacial score (nSPS) is 21.1. The average molecular weight is 406 g/mol. The summed E-state index contributed by atoms with van der Waals surface area (Å²) in [4.78, 5) is 29.2. The molecule has 0 radical (unpaired) electrons. The second kappa shape index (κ2) is 6.93. The Bertz CT molecular complexity index is 1160. The molecule has 6 nitrogen and oxygen atoms in total. The molecule has 2 atom stereocenters.